The lowest BCUT2D eigenvalue weighted by Gasteiger charge is -2.17. The van der Waals surface area contributed by atoms with E-state index < -0.39 is 26.6 Å². The van der Waals surface area contributed by atoms with Crippen LogP contribution in [-0.2, 0) is 16.1 Å². The first-order chi connectivity index (χ1) is 11.5. The van der Waals surface area contributed by atoms with E-state index in [1.54, 1.807) is 0 Å². The van der Waals surface area contributed by atoms with Gasteiger partial charge in [-0.2, -0.15) is 17.5 Å². The fourth-order valence-electron chi connectivity index (χ4n) is 1.94. The summed E-state index contributed by atoms with van der Waals surface area (Å²) in [6.45, 7) is 0. The van der Waals surface area contributed by atoms with E-state index >= 15 is 0 Å². The van der Waals surface area contributed by atoms with Gasteiger partial charge in [-0.15, -0.1) is 0 Å². The van der Waals surface area contributed by atoms with E-state index in [0.717, 1.165) is 24.3 Å². The van der Waals surface area contributed by atoms with Gasteiger partial charge in [0.15, 0.2) is 0 Å². The summed E-state index contributed by atoms with van der Waals surface area (Å²) in [5, 5.41) is 10.7. The van der Waals surface area contributed by atoms with Crippen LogP contribution in [0.15, 0.2) is 57.8 Å². The number of benzene rings is 2. The first-order valence-electron chi connectivity index (χ1n) is 6.90. The predicted octanol–water partition coefficient (Wildman–Crippen LogP) is 4.25. The molecule has 0 aliphatic rings. The molecule has 2 rings (SSSR count). The minimum atomic E-state index is -4.47. The number of non-ortho nitro benzene ring substituents is 1. The quantitative estimate of drug-likeness (QED) is 0.594. The number of nitro benzene ring substituents is 1. The third-order valence-corrected chi connectivity index (χ3v) is 5.61. The molecule has 0 aliphatic carbocycles. The van der Waals surface area contributed by atoms with Crippen LogP contribution in [0.1, 0.15) is 5.56 Å². The minimum Gasteiger partial charge on any atom is -0.258 e. The van der Waals surface area contributed by atoms with Crippen LogP contribution in [0.5, 0.6) is 0 Å². The molecule has 2 aromatic rings. The summed E-state index contributed by atoms with van der Waals surface area (Å²) in [5.74, 6) is 0. The standard InChI is InChI=1S/C15H14F3N3O3S/c1-20(2)25(24,14-9-7-13(8-10-14)21(22)23)19-12-5-3-11(4-6-12)15(16,17)18/h3-10H,1-2H3/t25-/m1/s1. The molecule has 6 nitrogen and oxygen atoms in total. The van der Waals surface area contributed by atoms with E-state index in [9.17, 15) is 27.5 Å². The lowest BCUT2D eigenvalue weighted by atomic mass is 10.2. The molecule has 2 aromatic carbocycles. The Labute approximate surface area is 142 Å². The van der Waals surface area contributed by atoms with Crippen LogP contribution >= 0.6 is 0 Å². The van der Waals surface area contributed by atoms with Crippen molar-refractivity contribution in [1.29, 1.82) is 0 Å². The van der Waals surface area contributed by atoms with Crippen molar-refractivity contribution in [3.05, 3.63) is 64.2 Å². The first-order valence-corrected chi connectivity index (χ1v) is 8.37. The van der Waals surface area contributed by atoms with Gasteiger partial charge in [0.25, 0.3) is 5.69 Å². The number of nitro groups is 1. The Morgan fingerprint density at radius 1 is 1.04 bits per heavy atom. The molecule has 0 heterocycles. The van der Waals surface area contributed by atoms with Crippen LogP contribution < -0.4 is 0 Å². The topological polar surface area (TPSA) is 75.8 Å². The number of hydrogen-bond donors (Lipinski definition) is 0. The molecule has 1 atom stereocenters. The van der Waals surface area contributed by atoms with Crippen LogP contribution in [-0.4, -0.2) is 27.5 Å². The average molecular weight is 373 g/mol. The fraction of sp³-hybridized carbons (Fsp3) is 0.200. The van der Waals surface area contributed by atoms with Gasteiger partial charge in [-0.3, -0.25) is 10.1 Å². The minimum absolute atomic E-state index is 0.102. The van der Waals surface area contributed by atoms with Crippen LogP contribution in [0.2, 0.25) is 0 Å². The zero-order chi connectivity index (χ0) is 18.8. The molecule has 0 N–H and O–H groups in total. The predicted molar refractivity (Wildman–Crippen MR) is 86.7 cm³/mol. The second-order valence-corrected chi connectivity index (χ2v) is 7.57. The van der Waals surface area contributed by atoms with Gasteiger partial charge in [0.05, 0.1) is 21.1 Å². The zero-order valence-corrected chi connectivity index (χ0v) is 14.0. The molecule has 134 valence electrons. The van der Waals surface area contributed by atoms with Crippen molar-refractivity contribution in [1.82, 2.24) is 4.31 Å². The third-order valence-electron chi connectivity index (χ3n) is 3.27. The Morgan fingerprint density at radius 3 is 1.96 bits per heavy atom. The molecule has 0 spiro atoms. The number of halogens is 3. The Kier molecular flexibility index (Phi) is 5.14. The van der Waals surface area contributed by atoms with Crippen molar-refractivity contribution in [3.63, 3.8) is 0 Å². The molecule has 0 aromatic heterocycles. The van der Waals surface area contributed by atoms with Crippen LogP contribution in [0.4, 0.5) is 24.5 Å². The monoisotopic (exact) mass is 373 g/mol. The van der Waals surface area contributed by atoms with Gasteiger partial charge in [-0.1, -0.05) is 0 Å². The highest BCUT2D eigenvalue weighted by atomic mass is 32.2. The molecule has 0 aliphatic heterocycles. The molecule has 0 bridgehead atoms. The first kappa shape index (κ1) is 18.9. The number of alkyl halides is 3. The van der Waals surface area contributed by atoms with Crippen molar-refractivity contribution in [2.45, 2.75) is 11.1 Å². The number of rotatable bonds is 4. The highest BCUT2D eigenvalue weighted by Crippen LogP contribution is 2.31. The largest absolute Gasteiger partial charge is 0.416 e. The molecule has 25 heavy (non-hydrogen) atoms. The van der Waals surface area contributed by atoms with Crippen molar-refractivity contribution in [2.24, 2.45) is 4.36 Å². The van der Waals surface area contributed by atoms with Crippen LogP contribution in [0, 0.1) is 10.1 Å². The highest BCUT2D eigenvalue weighted by Gasteiger charge is 2.30. The Morgan fingerprint density at radius 2 is 1.56 bits per heavy atom. The van der Waals surface area contributed by atoms with Gasteiger partial charge in [0.2, 0.25) is 0 Å². The van der Waals surface area contributed by atoms with E-state index in [1.807, 2.05) is 0 Å². The molecule has 0 radical (unpaired) electrons. The summed E-state index contributed by atoms with van der Waals surface area (Å²) in [7, 11) is -0.179. The third kappa shape index (κ3) is 4.15. The Hall–Kier alpha value is -2.46. The Bertz CT molecular complexity index is 885. The summed E-state index contributed by atoms with van der Waals surface area (Å²) < 4.78 is 56.4. The second kappa shape index (κ2) is 6.81. The molecular formula is C15H14F3N3O3S. The molecule has 0 fully saturated rings. The second-order valence-electron chi connectivity index (χ2n) is 5.20. The lowest BCUT2D eigenvalue weighted by molar-refractivity contribution is -0.384. The summed E-state index contributed by atoms with van der Waals surface area (Å²) >= 11 is 0. The van der Waals surface area contributed by atoms with E-state index in [0.29, 0.717) is 0 Å². The molecule has 10 heteroatoms. The summed E-state index contributed by atoms with van der Waals surface area (Å²) in [4.78, 5) is 10.3. The molecule has 0 saturated heterocycles. The van der Waals surface area contributed by atoms with Crippen molar-refractivity contribution >= 4 is 21.3 Å². The van der Waals surface area contributed by atoms with Gasteiger partial charge in [0.1, 0.15) is 9.92 Å². The highest BCUT2D eigenvalue weighted by molar-refractivity contribution is 7.91. The number of hydrogen-bond acceptors (Lipinski definition) is 4. The fourth-order valence-corrected chi connectivity index (χ4v) is 3.53. The maximum absolute atomic E-state index is 13.2. The number of nitrogens with zero attached hydrogens (tertiary/aromatic N) is 3. The Balaban J connectivity index is 2.50. The molecule has 0 unspecified atom stereocenters. The average Bonchev–Trinajstić information content (AvgIpc) is 2.54. The van der Waals surface area contributed by atoms with Gasteiger partial charge < -0.3 is 0 Å². The molecule has 0 amide bonds. The zero-order valence-electron chi connectivity index (χ0n) is 13.2. The molecule has 0 saturated carbocycles. The SMILES string of the molecule is CN(C)[S@](=O)(=Nc1ccc(C(F)(F)F)cc1)c1ccc([N+](=O)[O-])cc1. The van der Waals surface area contributed by atoms with E-state index in [1.165, 1.54) is 42.7 Å². The maximum Gasteiger partial charge on any atom is 0.416 e. The van der Waals surface area contributed by atoms with E-state index in [-0.39, 0.29) is 16.3 Å². The van der Waals surface area contributed by atoms with Gasteiger partial charge in [-0.05, 0) is 36.4 Å². The summed E-state index contributed by atoms with van der Waals surface area (Å²) in [5.41, 5.74) is -0.901. The van der Waals surface area contributed by atoms with Gasteiger partial charge >= 0.3 is 6.18 Å². The smallest absolute Gasteiger partial charge is 0.258 e. The summed E-state index contributed by atoms with van der Waals surface area (Å²) in [6, 6.07) is 8.96. The van der Waals surface area contributed by atoms with Crippen molar-refractivity contribution in [3.8, 4) is 0 Å². The van der Waals surface area contributed by atoms with E-state index in [2.05, 4.69) is 4.36 Å². The maximum atomic E-state index is 13.2. The lowest BCUT2D eigenvalue weighted by Crippen LogP contribution is -2.22. The molecular weight excluding hydrogens is 359 g/mol. The van der Waals surface area contributed by atoms with Gasteiger partial charge in [0, 0.05) is 26.2 Å². The van der Waals surface area contributed by atoms with Crippen LogP contribution in [0.25, 0.3) is 0 Å². The summed E-state index contributed by atoms with van der Waals surface area (Å²) in [6.07, 6.45) is -4.47. The van der Waals surface area contributed by atoms with Crippen molar-refractivity contribution < 1.29 is 22.3 Å². The van der Waals surface area contributed by atoms with E-state index in [4.69, 9.17) is 0 Å². The normalized spacial score (nSPS) is 14.2. The van der Waals surface area contributed by atoms with Gasteiger partial charge in [-0.25, -0.2) is 8.51 Å². The van der Waals surface area contributed by atoms with Crippen LogP contribution in [0.3, 0.4) is 0 Å². The van der Waals surface area contributed by atoms with Crippen molar-refractivity contribution in [2.75, 3.05) is 14.1 Å².